The first-order valence-electron chi connectivity index (χ1n) is 11.1. The van der Waals surface area contributed by atoms with Crippen LogP contribution in [0.3, 0.4) is 0 Å². The largest absolute Gasteiger partial charge is 0.462 e. The fourth-order valence-corrected chi connectivity index (χ4v) is 4.96. The number of amides is 1. The average molecular weight is 438 g/mol. The predicted octanol–water partition coefficient (Wildman–Crippen LogP) is 3.92. The molecule has 0 N–H and O–H groups in total. The number of ether oxygens (including phenoxy) is 1. The summed E-state index contributed by atoms with van der Waals surface area (Å²) in [7, 11) is 0. The minimum absolute atomic E-state index is 0.0715. The molecule has 6 nitrogen and oxygen atoms in total. The van der Waals surface area contributed by atoms with Crippen molar-refractivity contribution in [2.75, 3.05) is 31.1 Å². The summed E-state index contributed by atoms with van der Waals surface area (Å²) in [6.07, 6.45) is 4.26. The van der Waals surface area contributed by atoms with Crippen LogP contribution in [0, 0.1) is 23.1 Å². The fourth-order valence-electron chi connectivity index (χ4n) is 4.96. The summed E-state index contributed by atoms with van der Waals surface area (Å²) in [5, 5.41) is 9.67. The van der Waals surface area contributed by atoms with Crippen molar-refractivity contribution in [2.24, 2.45) is 5.92 Å². The van der Waals surface area contributed by atoms with E-state index in [1.54, 1.807) is 11.8 Å². The highest BCUT2D eigenvalue weighted by Crippen LogP contribution is 2.50. The Kier molecular flexibility index (Phi) is 5.68. The zero-order valence-electron chi connectivity index (χ0n) is 19.0. The van der Waals surface area contributed by atoms with E-state index in [-0.39, 0.29) is 23.3 Å². The van der Waals surface area contributed by atoms with Gasteiger partial charge in [0.15, 0.2) is 5.57 Å². The quantitative estimate of drug-likeness (QED) is 0.406. The first-order chi connectivity index (χ1) is 15.2. The maximum Gasteiger partial charge on any atom is 0.349 e. The number of nitrogens with zero attached hydrogens (tertiary/aromatic N) is 3. The molecule has 3 aliphatic heterocycles. The van der Waals surface area contributed by atoms with Gasteiger partial charge in [0.05, 0.1) is 23.4 Å². The minimum Gasteiger partial charge on any atom is -0.462 e. The van der Waals surface area contributed by atoms with Crippen molar-refractivity contribution < 1.29 is 18.7 Å². The second kappa shape index (κ2) is 8.18. The molecular formula is C25H28FN3O3. The smallest absolute Gasteiger partial charge is 0.349 e. The molecule has 1 aromatic rings. The van der Waals surface area contributed by atoms with Gasteiger partial charge in [-0.2, -0.15) is 5.26 Å². The van der Waals surface area contributed by atoms with Gasteiger partial charge in [0.25, 0.3) is 5.91 Å². The van der Waals surface area contributed by atoms with Gasteiger partial charge < -0.3 is 4.74 Å². The van der Waals surface area contributed by atoms with Gasteiger partial charge >= 0.3 is 5.97 Å². The third kappa shape index (κ3) is 3.63. The zero-order chi connectivity index (χ0) is 23.2. The lowest BCUT2D eigenvalue weighted by Crippen LogP contribution is -2.47. The summed E-state index contributed by atoms with van der Waals surface area (Å²) in [5.74, 6) is -1.16. The summed E-state index contributed by atoms with van der Waals surface area (Å²) in [6, 6.07) is 4.51. The SMILES string of the molecule is CCOC(=O)/C(C#N)=C1/C(=O)N2c3c(cc(F)cc31)C(CN1CCC(C)CC1)=CC2(C)C. The van der Waals surface area contributed by atoms with E-state index in [0.717, 1.165) is 31.5 Å². The van der Waals surface area contributed by atoms with Gasteiger partial charge in [0, 0.05) is 17.7 Å². The Morgan fingerprint density at radius 3 is 2.56 bits per heavy atom. The van der Waals surface area contributed by atoms with Crippen LogP contribution >= 0.6 is 0 Å². The molecule has 32 heavy (non-hydrogen) atoms. The number of hydrogen-bond acceptors (Lipinski definition) is 5. The molecular weight excluding hydrogens is 409 g/mol. The lowest BCUT2D eigenvalue weighted by Gasteiger charge is -2.40. The van der Waals surface area contributed by atoms with Crippen molar-refractivity contribution in [1.29, 1.82) is 5.26 Å². The van der Waals surface area contributed by atoms with Crippen LogP contribution in [0.2, 0.25) is 0 Å². The number of piperidine rings is 1. The molecule has 168 valence electrons. The Morgan fingerprint density at radius 2 is 1.94 bits per heavy atom. The van der Waals surface area contributed by atoms with Crippen LogP contribution in [-0.2, 0) is 14.3 Å². The first kappa shape index (κ1) is 22.2. The van der Waals surface area contributed by atoms with E-state index in [1.165, 1.54) is 12.1 Å². The summed E-state index contributed by atoms with van der Waals surface area (Å²) in [4.78, 5) is 29.9. The van der Waals surface area contributed by atoms with E-state index >= 15 is 0 Å². The third-order valence-corrected chi connectivity index (χ3v) is 6.55. The van der Waals surface area contributed by atoms with E-state index in [9.17, 15) is 19.2 Å². The highest BCUT2D eigenvalue weighted by atomic mass is 19.1. The molecule has 0 saturated carbocycles. The lowest BCUT2D eigenvalue weighted by molar-refractivity contribution is -0.138. The van der Waals surface area contributed by atoms with Crippen LogP contribution in [-0.4, -0.2) is 48.6 Å². The van der Waals surface area contributed by atoms with E-state index in [2.05, 4.69) is 11.8 Å². The molecule has 0 bridgehead atoms. The number of benzene rings is 1. The molecule has 4 rings (SSSR count). The van der Waals surface area contributed by atoms with Gasteiger partial charge in [-0.3, -0.25) is 14.6 Å². The molecule has 1 saturated heterocycles. The van der Waals surface area contributed by atoms with Crippen LogP contribution in [0.5, 0.6) is 0 Å². The summed E-state index contributed by atoms with van der Waals surface area (Å²) in [5.41, 5.74) is 1.27. The maximum absolute atomic E-state index is 14.8. The molecule has 1 aromatic carbocycles. The van der Waals surface area contributed by atoms with E-state index in [1.807, 2.05) is 26.0 Å². The Bertz CT molecular complexity index is 1090. The minimum atomic E-state index is -0.871. The molecule has 3 heterocycles. The predicted molar refractivity (Wildman–Crippen MR) is 120 cm³/mol. The number of likely N-dealkylation sites (tertiary alicyclic amines) is 1. The Hall–Kier alpha value is -2.98. The van der Waals surface area contributed by atoms with Gasteiger partial charge in [-0.1, -0.05) is 13.0 Å². The fraction of sp³-hybridized carbons (Fsp3) is 0.480. The van der Waals surface area contributed by atoms with E-state index < -0.39 is 23.2 Å². The Morgan fingerprint density at radius 1 is 1.28 bits per heavy atom. The number of hydrogen-bond donors (Lipinski definition) is 0. The Labute approximate surface area is 187 Å². The molecule has 0 aromatic heterocycles. The topological polar surface area (TPSA) is 73.6 Å². The number of anilines is 1. The third-order valence-electron chi connectivity index (χ3n) is 6.55. The highest BCUT2D eigenvalue weighted by Gasteiger charge is 2.47. The number of carbonyl (C=O) groups excluding carboxylic acids is 2. The molecule has 0 unspecified atom stereocenters. The second-order valence-electron chi connectivity index (χ2n) is 9.35. The standard InChI is InChI=1S/C25H28FN3O3/c1-5-32-24(31)20(13-27)21-19-11-17(26)10-18-16(14-28-8-6-15(2)7-9-28)12-25(3,4)29(22(18)19)23(21)30/h10-12,15H,5-9,14H2,1-4H3/b21-20+. The maximum atomic E-state index is 14.8. The summed E-state index contributed by atoms with van der Waals surface area (Å²) in [6.45, 7) is 10.4. The average Bonchev–Trinajstić information content (AvgIpc) is 3.01. The normalized spacial score (nSPS) is 21.7. The van der Waals surface area contributed by atoms with Crippen LogP contribution in [0.25, 0.3) is 11.1 Å². The van der Waals surface area contributed by atoms with Crippen molar-refractivity contribution in [2.45, 2.75) is 46.1 Å². The number of esters is 1. The van der Waals surface area contributed by atoms with Crippen LogP contribution < -0.4 is 4.90 Å². The number of nitriles is 1. The van der Waals surface area contributed by atoms with E-state index in [0.29, 0.717) is 23.7 Å². The molecule has 1 fully saturated rings. The van der Waals surface area contributed by atoms with E-state index in [4.69, 9.17) is 4.74 Å². The van der Waals surface area contributed by atoms with Gasteiger partial charge in [-0.15, -0.1) is 0 Å². The van der Waals surface area contributed by atoms with Crippen LogP contribution in [0.4, 0.5) is 10.1 Å². The van der Waals surface area contributed by atoms with Crippen molar-refractivity contribution in [3.63, 3.8) is 0 Å². The molecule has 3 aliphatic rings. The summed E-state index contributed by atoms with van der Waals surface area (Å²) >= 11 is 0. The van der Waals surface area contributed by atoms with Gasteiger partial charge in [-0.25, -0.2) is 9.18 Å². The molecule has 0 aliphatic carbocycles. The highest BCUT2D eigenvalue weighted by molar-refractivity contribution is 6.38. The first-order valence-corrected chi connectivity index (χ1v) is 11.1. The zero-order valence-corrected chi connectivity index (χ0v) is 19.0. The van der Waals surface area contributed by atoms with Crippen molar-refractivity contribution in [3.05, 3.63) is 40.7 Å². The van der Waals surface area contributed by atoms with Gasteiger partial charge in [-0.05, 0) is 70.3 Å². The molecule has 1 amide bonds. The van der Waals surface area contributed by atoms with Crippen LogP contribution in [0.15, 0.2) is 23.8 Å². The molecule has 0 atom stereocenters. The van der Waals surface area contributed by atoms with Gasteiger partial charge in [0.1, 0.15) is 11.9 Å². The number of carbonyl (C=O) groups is 2. The molecule has 0 spiro atoms. The number of halogens is 1. The Balaban J connectivity index is 1.86. The van der Waals surface area contributed by atoms with Crippen molar-refractivity contribution in [1.82, 2.24) is 4.90 Å². The van der Waals surface area contributed by atoms with Crippen LogP contribution in [0.1, 0.15) is 51.7 Å². The molecule has 7 heteroatoms. The van der Waals surface area contributed by atoms with Crippen molar-refractivity contribution in [3.8, 4) is 6.07 Å². The monoisotopic (exact) mass is 437 g/mol. The lowest BCUT2D eigenvalue weighted by atomic mass is 9.87. The second-order valence-corrected chi connectivity index (χ2v) is 9.35. The molecule has 0 radical (unpaired) electrons. The van der Waals surface area contributed by atoms with Gasteiger partial charge in [0.2, 0.25) is 0 Å². The summed E-state index contributed by atoms with van der Waals surface area (Å²) < 4.78 is 19.8. The van der Waals surface area contributed by atoms with Crippen molar-refractivity contribution >= 4 is 28.7 Å². The number of rotatable bonds is 4.